The second kappa shape index (κ2) is 9.91. The van der Waals surface area contributed by atoms with Gasteiger partial charge in [0.15, 0.2) is 18.1 Å². The van der Waals surface area contributed by atoms with E-state index >= 15 is 0 Å². The van der Waals surface area contributed by atoms with Crippen molar-refractivity contribution in [2.75, 3.05) is 19.0 Å². The highest BCUT2D eigenvalue weighted by atomic mass is 35.5. The van der Waals surface area contributed by atoms with E-state index in [0.717, 1.165) is 0 Å². The molecule has 0 saturated heterocycles. The standard InChI is InChI=1S/C15H23N3O4.ClH/c1-9(2)6-11(16)15(20)18-10-4-5-12(21-3)13(7-10)22-8-14(17)19;/h4-5,7,9,11H,6,8,16H2,1-3H3,(H2,17,19)(H,18,20);1H/t11-;/m0./s1. The van der Waals surface area contributed by atoms with Crippen molar-refractivity contribution in [3.8, 4) is 11.5 Å². The monoisotopic (exact) mass is 345 g/mol. The van der Waals surface area contributed by atoms with Gasteiger partial charge in [0, 0.05) is 11.8 Å². The van der Waals surface area contributed by atoms with Crippen molar-refractivity contribution in [2.24, 2.45) is 17.4 Å². The molecule has 2 amide bonds. The predicted octanol–water partition coefficient (Wildman–Crippen LogP) is 1.29. The number of nitrogens with two attached hydrogens (primary N) is 2. The van der Waals surface area contributed by atoms with Gasteiger partial charge >= 0.3 is 0 Å². The maximum Gasteiger partial charge on any atom is 0.255 e. The Hall–Kier alpha value is -1.99. The smallest absolute Gasteiger partial charge is 0.255 e. The first-order valence-electron chi connectivity index (χ1n) is 6.99. The predicted molar refractivity (Wildman–Crippen MR) is 91.0 cm³/mol. The first-order chi connectivity index (χ1) is 10.3. The third-order valence-electron chi connectivity index (χ3n) is 2.86. The Morgan fingerprint density at radius 1 is 1.26 bits per heavy atom. The number of methoxy groups -OCH3 is 1. The van der Waals surface area contributed by atoms with E-state index in [0.29, 0.717) is 29.5 Å². The first kappa shape index (κ1) is 21.0. The number of carbonyl (C=O) groups is 2. The summed E-state index contributed by atoms with van der Waals surface area (Å²) in [6.07, 6.45) is 0.590. The summed E-state index contributed by atoms with van der Waals surface area (Å²) in [6.45, 7) is 3.72. The molecule has 0 aliphatic heterocycles. The van der Waals surface area contributed by atoms with Gasteiger partial charge in [0.05, 0.1) is 13.2 Å². The molecular weight excluding hydrogens is 322 g/mol. The van der Waals surface area contributed by atoms with E-state index in [1.54, 1.807) is 18.2 Å². The van der Waals surface area contributed by atoms with Crippen LogP contribution in [0.2, 0.25) is 0 Å². The van der Waals surface area contributed by atoms with Crippen molar-refractivity contribution in [1.82, 2.24) is 0 Å². The number of hydrogen-bond acceptors (Lipinski definition) is 5. The summed E-state index contributed by atoms with van der Waals surface area (Å²) >= 11 is 0. The van der Waals surface area contributed by atoms with Gasteiger partial charge in [0.1, 0.15) is 0 Å². The van der Waals surface area contributed by atoms with Gasteiger partial charge in [-0.1, -0.05) is 13.8 Å². The van der Waals surface area contributed by atoms with Crippen LogP contribution in [0.5, 0.6) is 11.5 Å². The zero-order valence-corrected chi connectivity index (χ0v) is 14.3. The van der Waals surface area contributed by atoms with Gasteiger partial charge in [-0.25, -0.2) is 0 Å². The van der Waals surface area contributed by atoms with Gasteiger partial charge in [-0.15, -0.1) is 12.4 Å². The van der Waals surface area contributed by atoms with E-state index in [1.165, 1.54) is 7.11 Å². The lowest BCUT2D eigenvalue weighted by Crippen LogP contribution is -2.36. The Labute approximate surface area is 142 Å². The second-order valence-corrected chi connectivity index (χ2v) is 5.35. The highest BCUT2D eigenvalue weighted by Crippen LogP contribution is 2.30. The lowest BCUT2D eigenvalue weighted by molar-refractivity contribution is -0.120. The number of hydrogen-bond donors (Lipinski definition) is 3. The summed E-state index contributed by atoms with van der Waals surface area (Å²) in [4.78, 5) is 22.8. The van der Waals surface area contributed by atoms with E-state index < -0.39 is 11.9 Å². The third-order valence-corrected chi connectivity index (χ3v) is 2.86. The largest absolute Gasteiger partial charge is 0.493 e. The molecule has 1 atom stereocenters. The molecule has 0 heterocycles. The number of amides is 2. The molecule has 23 heavy (non-hydrogen) atoms. The molecule has 0 saturated carbocycles. The number of benzene rings is 1. The lowest BCUT2D eigenvalue weighted by atomic mass is 10.0. The molecule has 0 aliphatic rings. The molecule has 0 spiro atoms. The molecule has 0 aliphatic carbocycles. The molecule has 7 nitrogen and oxygen atoms in total. The Kier molecular flexibility index (Phi) is 9.05. The summed E-state index contributed by atoms with van der Waals surface area (Å²) in [6, 6.07) is 4.26. The number of carbonyl (C=O) groups excluding carboxylic acids is 2. The van der Waals surface area contributed by atoms with E-state index in [1.807, 2.05) is 13.8 Å². The molecule has 0 aromatic heterocycles. The summed E-state index contributed by atoms with van der Waals surface area (Å²) in [5, 5.41) is 2.71. The van der Waals surface area contributed by atoms with Gasteiger partial charge < -0.3 is 26.3 Å². The minimum absolute atomic E-state index is 0. The Morgan fingerprint density at radius 3 is 2.43 bits per heavy atom. The van der Waals surface area contributed by atoms with Gasteiger partial charge in [0.2, 0.25) is 5.91 Å². The van der Waals surface area contributed by atoms with Crippen LogP contribution in [-0.2, 0) is 9.59 Å². The fraction of sp³-hybridized carbons (Fsp3) is 0.467. The normalized spacial score (nSPS) is 11.3. The molecule has 0 bridgehead atoms. The fourth-order valence-electron chi connectivity index (χ4n) is 1.87. The van der Waals surface area contributed by atoms with Crippen molar-refractivity contribution in [3.05, 3.63) is 18.2 Å². The number of nitrogens with one attached hydrogen (secondary N) is 1. The fourth-order valence-corrected chi connectivity index (χ4v) is 1.87. The minimum Gasteiger partial charge on any atom is -0.493 e. The summed E-state index contributed by atoms with van der Waals surface area (Å²) < 4.78 is 10.4. The zero-order valence-electron chi connectivity index (χ0n) is 13.5. The Balaban J connectivity index is 0.00000484. The highest BCUT2D eigenvalue weighted by Gasteiger charge is 2.16. The van der Waals surface area contributed by atoms with E-state index in [9.17, 15) is 9.59 Å². The quantitative estimate of drug-likeness (QED) is 0.656. The average Bonchev–Trinajstić information content (AvgIpc) is 2.44. The molecule has 1 aromatic rings. The molecule has 1 aromatic carbocycles. The minimum atomic E-state index is -0.601. The number of primary amides is 1. The zero-order chi connectivity index (χ0) is 16.7. The maximum atomic E-state index is 12.0. The van der Waals surface area contributed by atoms with E-state index in [-0.39, 0.29) is 24.9 Å². The summed E-state index contributed by atoms with van der Waals surface area (Å²) in [7, 11) is 1.48. The summed E-state index contributed by atoms with van der Waals surface area (Å²) in [5.41, 5.74) is 11.4. The van der Waals surface area contributed by atoms with Crippen molar-refractivity contribution in [3.63, 3.8) is 0 Å². The molecular formula is C15H24ClN3O4. The van der Waals surface area contributed by atoms with Crippen LogP contribution < -0.4 is 26.3 Å². The molecule has 8 heteroatoms. The van der Waals surface area contributed by atoms with Crippen LogP contribution in [0.1, 0.15) is 20.3 Å². The van der Waals surface area contributed by atoms with E-state index in [4.69, 9.17) is 20.9 Å². The van der Waals surface area contributed by atoms with Crippen molar-refractivity contribution >= 4 is 29.9 Å². The van der Waals surface area contributed by atoms with Gasteiger partial charge in [0.25, 0.3) is 5.91 Å². The van der Waals surface area contributed by atoms with Crippen LogP contribution in [0.4, 0.5) is 5.69 Å². The molecule has 0 radical (unpaired) electrons. The molecule has 1 rings (SSSR count). The molecule has 130 valence electrons. The highest BCUT2D eigenvalue weighted by molar-refractivity contribution is 5.95. The summed E-state index contributed by atoms with van der Waals surface area (Å²) in [5.74, 6) is 0.198. The van der Waals surface area contributed by atoms with Gasteiger partial charge in [-0.3, -0.25) is 9.59 Å². The average molecular weight is 346 g/mol. The van der Waals surface area contributed by atoms with Crippen LogP contribution in [-0.4, -0.2) is 31.6 Å². The van der Waals surface area contributed by atoms with Gasteiger partial charge in [-0.2, -0.15) is 0 Å². The number of ether oxygens (including phenoxy) is 2. The number of halogens is 1. The SMILES string of the molecule is COc1ccc(NC(=O)[C@@H](N)CC(C)C)cc1OCC(N)=O.Cl. The second-order valence-electron chi connectivity index (χ2n) is 5.35. The van der Waals surface area contributed by atoms with Crippen molar-refractivity contribution in [1.29, 1.82) is 0 Å². The maximum absolute atomic E-state index is 12.0. The van der Waals surface area contributed by atoms with Crippen molar-refractivity contribution in [2.45, 2.75) is 26.3 Å². The lowest BCUT2D eigenvalue weighted by Gasteiger charge is -2.15. The molecule has 0 fully saturated rings. The first-order valence-corrected chi connectivity index (χ1v) is 6.99. The number of anilines is 1. The van der Waals surface area contributed by atoms with Crippen LogP contribution in [0, 0.1) is 5.92 Å². The topological polar surface area (TPSA) is 117 Å². The Bertz CT molecular complexity index is 537. The van der Waals surface area contributed by atoms with Crippen LogP contribution in [0.25, 0.3) is 0 Å². The third kappa shape index (κ3) is 7.21. The van der Waals surface area contributed by atoms with Gasteiger partial charge in [-0.05, 0) is 24.5 Å². The molecule has 5 N–H and O–H groups in total. The molecule has 0 unspecified atom stereocenters. The number of rotatable bonds is 8. The van der Waals surface area contributed by atoms with E-state index in [2.05, 4.69) is 5.32 Å². The van der Waals surface area contributed by atoms with Crippen molar-refractivity contribution < 1.29 is 19.1 Å². The Morgan fingerprint density at radius 2 is 1.91 bits per heavy atom. The van der Waals surface area contributed by atoms with Crippen LogP contribution in [0.15, 0.2) is 18.2 Å². The van der Waals surface area contributed by atoms with Crippen LogP contribution >= 0.6 is 12.4 Å². The van der Waals surface area contributed by atoms with Crippen LogP contribution in [0.3, 0.4) is 0 Å².